The predicted octanol–water partition coefficient (Wildman–Crippen LogP) is 2.50. The van der Waals surface area contributed by atoms with Crippen molar-refractivity contribution < 1.29 is 23.7 Å². The van der Waals surface area contributed by atoms with Gasteiger partial charge in [-0.2, -0.15) is 0 Å². The molecule has 5 nitrogen and oxygen atoms in total. The largest absolute Gasteiger partial charge is 0.384 e. The lowest BCUT2D eigenvalue weighted by atomic mass is 10.00. The summed E-state index contributed by atoms with van der Waals surface area (Å²) in [5.74, 6) is 0.348. The third-order valence-corrected chi connectivity index (χ3v) is 3.54. The fourth-order valence-electron chi connectivity index (χ4n) is 2.30. The summed E-state index contributed by atoms with van der Waals surface area (Å²) < 4.78 is 27.1. The van der Waals surface area contributed by atoms with Gasteiger partial charge in [0.05, 0.1) is 18.8 Å². The molecule has 0 aromatic rings. The molecule has 0 fully saturated rings. The minimum Gasteiger partial charge on any atom is -0.384 e. The van der Waals surface area contributed by atoms with Crippen molar-refractivity contribution in [1.82, 2.24) is 0 Å². The maximum atomic E-state index is 5.57. The second-order valence-electron chi connectivity index (χ2n) is 5.14. The van der Waals surface area contributed by atoms with Gasteiger partial charge in [-0.3, -0.25) is 0 Å². The molecule has 0 rings (SSSR count). The van der Waals surface area contributed by atoms with Gasteiger partial charge in [0.2, 0.25) is 0 Å². The molecule has 126 valence electrons. The van der Waals surface area contributed by atoms with Crippen molar-refractivity contribution >= 4 is 0 Å². The van der Waals surface area contributed by atoms with Crippen molar-refractivity contribution in [3.05, 3.63) is 12.2 Å². The maximum Gasteiger partial charge on any atom is 0.162 e. The summed E-state index contributed by atoms with van der Waals surface area (Å²) in [5, 5.41) is 0. The van der Waals surface area contributed by atoms with E-state index in [1.165, 1.54) is 0 Å². The molecule has 5 heteroatoms. The van der Waals surface area contributed by atoms with E-state index in [1.807, 2.05) is 26.0 Å². The Hall–Kier alpha value is -0.460. The van der Waals surface area contributed by atoms with Gasteiger partial charge in [0.1, 0.15) is 0 Å². The maximum absolute atomic E-state index is 5.57. The van der Waals surface area contributed by atoms with Crippen molar-refractivity contribution in [2.45, 2.75) is 39.3 Å². The Morgan fingerprint density at radius 1 is 0.857 bits per heavy atom. The van der Waals surface area contributed by atoms with Crippen LogP contribution < -0.4 is 0 Å². The first-order valence-electron chi connectivity index (χ1n) is 7.42. The molecule has 0 aliphatic heterocycles. The van der Waals surface area contributed by atoms with Crippen molar-refractivity contribution in [2.75, 3.05) is 41.7 Å². The summed E-state index contributed by atoms with van der Waals surface area (Å²) in [6.07, 6.45) is 3.63. The Labute approximate surface area is 129 Å². The molecule has 0 aromatic carbocycles. The lowest BCUT2D eigenvalue weighted by molar-refractivity contribution is -0.167. The van der Waals surface area contributed by atoms with Crippen LogP contribution in [0.25, 0.3) is 0 Å². The highest BCUT2D eigenvalue weighted by Crippen LogP contribution is 2.18. The summed E-state index contributed by atoms with van der Waals surface area (Å²) in [4.78, 5) is 0. The molecular formula is C16H32O5. The summed E-state index contributed by atoms with van der Waals surface area (Å²) in [7, 11) is 6.72. The molecule has 0 saturated carbocycles. The average Bonchev–Trinajstić information content (AvgIpc) is 2.49. The minimum absolute atomic E-state index is 0.0112. The van der Waals surface area contributed by atoms with Crippen LogP contribution in [0.15, 0.2) is 12.2 Å². The molecule has 0 heterocycles. The van der Waals surface area contributed by atoms with Crippen LogP contribution in [0.3, 0.4) is 0 Å². The quantitative estimate of drug-likeness (QED) is 0.409. The standard InChI is InChI=1S/C16H32O5/c1-8-21-16(20-7)13(3)15(19-6)10-9-14(18-5)12(2)11-17-4/h9-10,12-16H,8,11H2,1-7H3. The second kappa shape index (κ2) is 12.1. The molecule has 0 aliphatic rings. The topological polar surface area (TPSA) is 46.2 Å². The normalized spacial score (nSPS) is 19.4. The van der Waals surface area contributed by atoms with E-state index in [9.17, 15) is 0 Å². The molecule has 5 unspecified atom stereocenters. The van der Waals surface area contributed by atoms with E-state index in [1.54, 1.807) is 28.4 Å². The first-order valence-corrected chi connectivity index (χ1v) is 7.42. The van der Waals surface area contributed by atoms with Gasteiger partial charge in [-0.1, -0.05) is 26.0 Å². The lowest BCUT2D eigenvalue weighted by Crippen LogP contribution is -2.33. The molecule has 0 aromatic heterocycles. The molecule has 21 heavy (non-hydrogen) atoms. The number of ether oxygens (including phenoxy) is 5. The van der Waals surface area contributed by atoms with Crippen molar-refractivity contribution in [3.63, 3.8) is 0 Å². The molecular weight excluding hydrogens is 272 g/mol. The highest BCUT2D eigenvalue weighted by Gasteiger charge is 2.25. The third kappa shape index (κ3) is 7.38. The van der Waals surface area contributed by atoms with Crippen LogP contribution in [0.1, 0.15) is 20.8 Å². The average molecular weight is 304 g/mol. The third-order valence-electron chi connectivity index (χ3n) is 3.54. The first kappa shape index (κ1) is 20.5. The molecule has 0 saturated heterocycles. The number of hydrogen-bond donors (Lipinski definition) is 0. The van der Waals surface area contributed by atoms with Crippen LogP contribution in [0.5, 0.6) is 0 Å². The van der Waals surface area contributed by atoms with Gasteiger partial charge < -0.3 is 23.7 Å². The Balaban J connectivity index is 4.74. The molecule has 0 bridgehead atoms. The fraction of sp³-hybridized carbons (Fsp3) is 0.875. The summed E-state index contributed by atoms with van der Waals surface area (Å²) in [6, 6.07) is 0. The molecule has 0 aliphatic carbocycles. The smallest absolute Gasteiger partial charge is 0.162 e. The van der Waals surface area contributed by atoms with Crippen LogP contribution >= 0.6 is 0 Å². The van der Waals surface area contributed by atoms with Gasteiger partial charge in [0, 0.05) is 46.9 Å². The van der Waals surface area contributed by atoms with Gasteiger partial charge >= 0.3 is 0 Å². The zero-order valence-electron chi connectivity index (χ0n) is 14.5. The highest BCUT2D eigenvalue weighted by molar-refractivity contribution is 4.98. The van der Waals surface area contributed by atoms with E-state index >= 15 is 0 Å². The molecule has 5 atom stereocenters. The SMILES string of the molecule is CCOC(OC)C(C)C(C=CC(OC)C(C)COC)OC. The van der Waals surface area contributed by atoms with E-state index < -0.39 is 0 Å². The Morgan fingerprint density at radius 2 is 1.43 bits per heavy atom. The number of methoxy groups -OCH3 is 4. The Bertz CT molecular complexity index is 269. The van der Waals surface area contributed by atoms with Gasteiger partial charge in [0.15, 0.2) is 6.29 Å². The molecule has 0 amide bonds. The molecule has 0 spiro atoms. The lowest BCUT2D eigenvalue weighted by Gasteiger charge is -2.27. The van der Waals surface area contributed by atoms with Crippen molar-refractivity contribution in [1.29, 1.82) is 0 Å². The number of hydrogen-bond acceptors (Lipinski definition) is 5. The van der Waals surface area contributed by atoms with Gasteiger partial charge in [-0.05, 0) is 6.92 Å². The van der Waals surface area contributed by atoms with Crippen LogP contribution in [0.4, 0.5) is 0 Å². The van der Waals surface area contributed by atoms with Gasteiger partial charge in [-0.25, -0.2) is 0 Å². The zero-order valence-corrected chi connectivity index (χ0v) is 14.5. The van der Waals surface area contributed by atoms with Crippen molar-refractivity contribution in [3.8, 4) is 0 Å². The second-order valence-corrected chi connectivity index (χ2v) is 5.14. The Morgan fingerprint density at radius 3 is 1.86 bits per heavy atom. The monoisotopic (exact) mass is 304 g/mol. The van der Waals surface area contributed by atoms with Crippen LogP contribution in [0, 0.1) is 11.8 Å². The van der Waals surface area contributed by atoms with E-state index in [0.29, 0.717) is 13.2 Å². The zero-order chi connectivity index (χ0) is 16.3. The van der Waals surface area contributed by atoms with Crippen molar-refractivity contribution in [2.24, 2.45) is 11.8 Å². The predicted molar refractivity (Wildman–Crippen MR) is 83.4 cm³/mol. The van der Waals surface area contributed by atoms with Gasteiger partial charge in [-0.15, -0.1) is 0 Å². The molecule has 0 radical (unpaired) electrons. The van der Waals surface area contributed by atoms with E-state index in [2.05, 4.69) is 6.92 Å². The van der Waals surface area contributed by atoms with E-state index in [0.717, 1.165) is 0 Å². The summed E-state index contributed by atoms with van der Waals surface area (Å²) in [5.41, 5.74) is 0. The van der Waals surface area contributed by atoms with Crippen LogP contribution in [-0.2, 0) is 23.7 Å². The minimum atomic E-state index is -0.290. The molecule has 0 N–H and O–H groups in total. The van der Waals surface area contributed by atoms with Gasteiger partial charge in [0.25, 0.3) is 0 Å². The highest BCUT2D eigenvalue weighted by atomic mass is 16.7. The van der Waals surface area contributed by atoms with Crippen LogP contribution in [-0.4, -0.2) is 60.2 Å². The van der Waals surface area contributed by atoms with Crippen LogP contribution in [0.2, 0.25) is 0 Å². The number of rotatable bonds is 12. The summed E-state index contributed by atoms with van der Waals surface area (Å²) >= 11 is 0. The van der Waals surface area contributed by atoms with E-state index in [-0.39, 0.29) is 30.3 Å². The Kier molecular flexibility index (Phi) is 11.9. The first-order chi connectivity index (χ1) is 10.0. The fourth-order valence-corrected chi connectivity index (χ4v) is 2.30. The summed E-state index contributed by atoms with van der Waals surface area (Å²) in [6.45, 7) is 7.34. The van der Waals surface area contributed by atoms with E-state index in [4.69, 9.17) is 23.7 Å².